The Morgan fingerprint density at radius 1 is 1.42 bits per heavy atom. The number of aliphatic hydroxyl groups is 1. The number of amides is 1. The zero-order valence-electron chi connectivity index (χ0n) is 15.2. The summed E-state index contributed by atoms with van der Waals surface area (Å²) in [5.74, 6) is 1.45. The van der Waals surface area contributed by atoms with Gasteiger partial charge in [-0.25, -0.2) is 15.0 Å². The van der Waals surface area contributed by atoms with Crippen LogP contribution >= 0.6 is 0 Å². The van der Waals surface area contributed by atoms with Crippen LogP contribution in [-0.4, -0.2) is 69.9 Å². The molecule has 9 heteroatoms. The summed E-state index contributed by atoms with van der Waals surface area (Å²) in [7, 11) is 3.85. The van der Waals surface area contributed by atoms with Gasteiger partial charge < -0.3 is 24.8 Å². The number of nitrogens with one attached hydrogen (secondary N) is 1. The number of rotatable bonds is 6. The summed E-state index contributed by atoms with van der Waals surface area (Å²) in [6.07, 6.45) is 7.95. The largest absolute Gasteiger partial charge is 0.386 e. The third kappa shape index (κ3) is 4.48. The molecular weight excluding hydrogens is 334 g/mol. The molecule has 2 N–H and O–H groups in total. The van der Waals surface area contributed by atoms with E-state index >= 15 is 0 Å². The van der Waals surface area contributed by atoms with Gasteiger partial charge in [-0.1, -0.05) is 0 Å². The summed E-state index contributed by atoms with van der Waals surface area (Å²) in [5.41, 5.74) is -0.980. The molecule has 1 fully saturated rings. The van der Waals surface area contributed by atoms with Gasteiger partial charge in [0, 0.05) is 52.2 Å². The second kappa shape index (κ2) is 7.69. The number of hydrogen-bond donors (Lipinski definition) is 2. The number of carbonyl (C=O) groups excluding carboxylic acids is 1. The maximum Gasteiger partial charge on any atom is 0.240 e. The van der Waals surface area contributed by atoms with Crippen molar-refractivity contribution in [1.29, 1.82) is 0 Å². The van der Waals surface area contributed by atoms with Crippen LogP contribution < -0.4 is 15.1 Å². The number of carbonyl (C=O) groups is 1. The van der Waals surface area contributed by atoms with E-state index in [-0.39, 0.29) is 19.0 Å². The van der Waals surface area contributed by atoms with Crippen LogP contribution in [0.1, 0.15) is 12.8 Å². The highest BCUT2D eigenvalue weighted by Crippen LogP contribution is 2.25. The predicted octanol–water partition coefficient (Wildman–Crippen LogP) is -0.113. The Bertz CT molecular complexity index is 734. The SMILES string of the molecule is CN(C)c1cc(N2CCC[C@](O)(CNC(=O)Cn3ccnc3)C2)ncn1. The molecule has 1 saturated heterocycles. The molecule has 0 aliphatic carbocycles. The molecule has 0 unspecified atom stereocenters. The first-order valence-electron chi connectivity index (χ1n) is 8.64. The molecule has 0 aromatic carbocycles. The minimum absolute atomic E-state index is 0.148. The Kier molecular flexibility index (Phi) is 5.36. The number of aromatic nitrogens is 4. The molecule has 0 saturated carbocycles. The first kappa shape index (κ1) is 18.1. The molecule has 2 aromatic heterocycles. The Labute approximate surface area is 152 Å². The van der Waals surface area contributed by atoms with Crippen LogP contribution in [0.15, 0.2) is 31.1 Å². The molecule has 140 valence electrons. The van der Waals surface area contributed by atoms with Crippen LogP contribution in [0.25, 0.3) is 0 Å². The minimum Gasteiger partial charge on any atom is -0.386 e. The molecule has 9 nitrogen and oxygen atoms in total. The summed E-state index contributed by atoms with van der Waals surface area (Å²) < 4.78 is 1.69. The van der Waals surface area contributed by atoms with Crippen molar-refractivity contribution in [2.45, 2.75) is 25.0 Å². The van der Waals surface area contributed by atoms with Crippen molar-refractivity contribution in [3.8, 4) is 0 Å². The van der Waals surface area contributed by atoms with E-state index in [0.29, 0.717) is 13.0 Å². The molecule has 26 heavy (non-hydrogen) atoms. The third-order valence-corrected chi connectivity index (χ3v) is 4.48. The lowest BCUT2D eigenvalue weighted by molar-refractivity contribution is -0.123. The zero-order chi connectivity index (χ0) is 18.6. The van der Waals surface area contributed by atoms with Crippen molar-refractivity contribution in [3.05, 3.63) is 31.1 Å². The van der Waals surface area contributed by atoms with E-state index < -0.39 is 5.60 Å². The summed E-state index contributed by atoms with van der Waals surface area (Å²) >= 11 is 0. The molecular formula is C17H25N7O2. The first-order valence-corrected chi connectivity index (χ1v) is 8.64. The highest BCUT2D eigenvalue weighted by atomic mass is 16.3. The molecule has 0 radical (unpaired) electrons. The average molecular weight is 359 g/mol. The van der Waals surface area contributed by atoms with Gasteiger partial charge in [0.05, 0.1) is 11.9 Å². The average Bonchev–Trinajstić information content (AvgIpc) is 3.13. The van der Waals surface area contributed by atoms with Gasteiger partial charge in [0.25, 0.3) is 0 Å². The zero-order valence-corrected chi connectivity index (χ0v) is 15.2. The van der Waals surface area contributed by atoms with Crippen LogP contribution in [0, 0.1) is 0 Å². The van der Waals surface area contributed by atoms with Gasteiger partial charge in [-0.05, 0) is 12.8 Å². The smallest absolute Gasteiger partial charge is 0.240 e. The van der Waals surface area contributed by atoms with Gasteiger partial charge in [0.1, 0.15) is 24.5 Å². The molecule has 2 aromatic rings. The van der Waals surface area contributed by atoms with E-state index in [2.05, 4.69) is 20.3 Å². The highest BCUT2D eigenvalue weighted by Gasteiger charge is 2.34. The first-order chi connectivity index (χ1) is 12.5. The Morgan fingerprint density at radius 2 is 2.27 bits per heavy atom. The van der Waals surface area contributed by atoms with Crippen molar-refractivity contribution in [3.63, 3.8) is 0 Å². The molecule has 3 heterocycles. The van der Waals surface area contributed by atoms with Crippen molar-refractivity contribution < 1.29 is 9.90 Å². The van der Waals surface area contributed by atoms with Gasteiger partial charge in [-0.15, -0.1) is 0 Å². The van der Waals surface area contributed by atoms with E-state index in [1.165, 1.54) is 6.33 Å². The van der Waals surface area contributed by atoms with Crippen LogP contribution in [-0.2, 0) is 11.3 Å². The highest BCUT2D eigenvalue weighted by molar-refractivity contribution is 5.75. The monoisotopic (exact) mass is 359 g/mol. The van der Waals surface area contributed by atoms with E-state index in [0.717, 1.165) is 24.6 Å². The summed E-state index contributed by atoms with van der Waals surface area (Å²) in [4.78, 5) is 28.5. The van der Waals surface area contributed by atoms with Crippen molar-refractivity contribution in [2.75, 3.05) is 43.5 Å². The Hall–Kier alpha value is -2.68. The minimum atomic E-state index is -0.980. The number of anilines is 2. The maximum absolute atomic E-state index is 12.1. The molecule has 3 rings (SSSR count). The number of hydrogen-bond acceptors (Lipinski definition) is 7. The topological polar surface area (TPSA) is 99.4 Å². The number of β-amino-alcohol motifs (C(OH)–C–C–N with tert-alkyl or cyclic N) is 1. The van der Waals surface area contributed by atoms with E-state index in [4.69, 9.17) is 0 Å². The fourth-order valence-electron chi connectivity index (χ4n) is 3.07. The van der Waals surface area contributed by atoms with Crippen LogP contribution in [0.3, 0.4) is 0 Å². The lowest BCUT2D eigenvalue weighted by Crippen LogP contribution is -2.54. The quantitative estimate of drug-likeness (QED) is 0.742. The lowest BCUT2D eigenvalue weighted by Gasteiger charge is -2.40. The second-order valence-electron chi connectivity index (χ2n) is 6.89. The number of piperidine rings is 1. The van der Waals surface area contributed by atoms with Crippen LogP contribution in [0.4, 0.5) is 11.6 Å². The van der Waals surface area contributed by atoms with Crippen molar-refractivity contribution >= 4 is 17.5 Å². The fourth-order valence-corrected chi connectivity index (χ4v) is 3.07. The third-order valence-electron chi connectivity index (χ3n) is 4.48. The maximum atomic E-state index is 12.1. The molecule has 1 atom stereocenters. The molecule has 1 aliphatic rings. The predicted molar refractivity (Wildman–Crippen MR) is 98.0 cm³/mol. The van der Waals surface area contributed by atoms with Gasteiger partial charge in [-0.2, -0.15) is 0 Å². The van der Waals surface area contributed by atoms with E-state index in [9.17, 15) is 9.90 Å². The van der Waals surface area contributed by atoms with Gasteiger partial charge >= 0.3 is 0 Å². The standard InChI is InChI=1S/C17H25N7O2/c1-22(2)14-8-15(21-12-20-14)24-6-3-4-17(26,11-24)10-19-16(25)9-23-7-5-18-13-23/h5,7-8,12-13,26H,3-4,6,9-11H2,1-2H3,(H,19,25)/t17-/m0/s1. The molecule has 1 aliphatic heterocycles. The van der Waals surface area contributed by atoms with Crippen LogP contribution in [0.2, 0.25) is 0 Å². The summed E-state index contributed by atoms with van der Waals surface area (Å²) in [5, 5.41) is 13.8. The normalized spacial score (nSPS) is 20.0. The fraction of sp³-hybridized carbons (Fsp3) is 0.529. The van der Waals surface area contributed by atoms with Gasteiger partial charge in [0.2, 0.25) is 5.91 Å². The van der Waals surface area contributed by atoms with Crippen LogP contribution in [0.5, 0.6) is 0 Å². The number of imidazole rings is 1. The van der Waals surface area contributed by atoms with Gasteiger partial charge in [0.15, 0.2) is 0 Å². The van der Waals surface area contributed by atoms with Crippen molar-refractivity contribution in [2.24, 2.45) is 0 Å². The Balaban J connectivity index is 1.59. The molecule has 1 amide bonds. The second-order valence-corrected chi connectivity index (χ2v) is 6.89. The number of nitrogens with zero attached hydrogens (tertiary/aromatic N) is 6. The van der Waals surface area contributed by atoms with Gasteiger partial charge in [-0.3, -0.25) is 4.79 Å². The lowest BCUT2D eigenvalue weighted by atomic mass is 9.92. The van der Waals surface area contributed by atoms with Crippen molar-refractivity contribution in [1.82, 2.24) is 24.8 Å². The molecule has 0 bridgehead atoms. The summed E-state index contributed by atoms with van der Waals surface area (Å²) in [6, 6.07) is 1.91. The van der Waals surface area contributed by atoms with E-state index in [1.807, 2.05) is 30.0 Å². The Morgan fingerprint density at radius 3 is 3.00 bits per heavy atom. The summed E-state index contributed by atoms with van der Waals surface area (Å²) in [6.45, 7) is 1.64. The van der Waals surface area contributed by atoms with E-state index in [1.54, 1.807) is 23.3 Å². The molecule has 0 spiro atoms.